The van der Waals surface area contributed by atoms with E-state index < -0.39 is 17.8 Å². The van der Waals surface area contributed by atoms with Gasteiger partial charge in [0.1, 0.15) is 6.04 Å². The number of nitrogens with zero attached hydrogens (tertiary/aromatic N) is 1. The van der Waals surface area contributed by atoms with Gasteiger partial charge in [0.2, 0.25) is 0 Å². The number of nitrogens with one attached hydrogen (secondary N) is 1. The SMILES string of the molecule is N#CC(Nc1ccc(Br)cc1)c1ccc(C(F)(F)F)cc1. The van der Waals surface area contributed by atoms with Crippen molar-refractivity contribution in [2.24, 2.45) is 0 Å². The molecule has 0 aromatic heterocycles. The third kappa shape index (κ3) is 3.99. The number of hydrogen-bond acceptors (Lipinski definition) is 2. The zero-order chi connectivity index (χ0) is 15.5. The van der Waals surface area contributed by atoms with E-state index in [0.717, 1.165) is 16.6 Å². The van der Waals surface area contributed by atoms with E-state index >= 15 is 0 Å². The largest absolute Gasteiger partial charge is 0.416 e. The summed E-state index contributed by atoms with van der Waals surface area (Å²) in [7, 11) is 0. The first-order valence-electron chi connectivity index (χ1n) is 5.99. The van der Waals surface area contributed by atoms with E-state index in [1.54, 1.807) is 12.1 Å². The zero-order valence-electron chi connectivity index (χ0n) is 10.7. The molecular formula is C15H10BrF3N2. The van der Waals surface area contributed by atoms with Gasteiger partial charge >= 0.3 is 6.18 Å². The molecule has 0 fully saturated rings. The Morgan fingerprint density at radius 2 is 1.57 bits per heavy atom. The van der Waals surface area contributed by atoms with E-state index in [-0.39, 0.29) is 0 Å². The molecule has 2 nitrogen and oxygen atoms in total. The number of anilines is 1. The lowest BCUT2D eigenvalue weighted by Gasteiger charge is -2.14. The van der Waals surface area contributed by atoms with Gasteiger partial charge in [-0.3, -0.25) is 0 Å². The highest BCUT2D eigenvalue weighted by atomic mass is 79.9. The summed E-state index contributed by atoms with van der Waals surface area (Å²) >= 11 is 3.30. The molecule has 21 heavy (non-hydrogen) atoms. The van der Waals surface area contributed by atoms with Crippen molar-refractivity contribution in [3.8, 4) is 6.07 Å². The average Bonchev–Trinajstić information content (AvgIpc) is 2.46. The lowest BCUT2D eigenvalue weighted by atomic mass is 10.1. The van der Waals surface area contributed by atoms with Crippen LogP contribution in [0.1, 0.15) is 17.2 Å². The molecule has 0 amide bonds. The summed E-state index contributed by atoms with van der Waals surface area (Å²) in [6.45, 7) is 0. The fourth-order valence-corrected chi connectivity index (χ4v) is 2.03. The van der Waals surface area contributed by atoms with E-state index in [2.05, 4.69) is 21.2 Å². The molecule has 0 bridgehead atoms. The average molecular weight is 355 g/mol. The van der Waals surface area contributed by atoms with Crippen molar-refractivity contribution in [1.82, 2.24) is 0 Å². The molecule has 2 aromatic carbocycles. The van der Waals surface area contributed by atoms with Crippen LogP contribution in [0.2, 0.25) is 0 Å². The number of halogens is 4. The van der Waals surface area contributed by atoms with Crippen LogP contribution in [0.25, 0.3) is 0 Å². The highest BCUT2D eigenvalue weighted by Crippen LogP contribution is 2.30. The molecule has 1 atom stereocenters. The van der Waals surface area contributed by atoms with Gasteiger partial charge in [0.05, 0.1) is 11.6 Å². The van der Waals surface area contributed by atoms with Crippen molar-refractivity contribution in [2.45, 2.75) is 12.2 Å². The zero-order valence-corrected chi connectivity index (χ0v) is 12.2. The Labute approximate surface area is 128 Å². The second kappa shape index (κ2) is 6.19. The molecule has 6 heteroatoms. The molecule has 0 radical (unpaired) electrons. The van der Waals surface area contributed by atoms with Crippen LogP contribution in [0.4, 0.5) is 18.9 Å². The maximum absolute atomic E-state index is 12.5. The molecule has 2 rings (SSSR count). The molecule has 0 spiro atoms. The van der Waals surface area contributed by atoms with Gasteiger partial charge in [0, 0.05) is 10.2 Å². The fraction of sp³-hybridized carbons (Fsp3) is 0.133. The molecule has 0 aliphatic carbocycles. The predicted octanol–water partition coefficient (Wildman–Crippen LogP) is 5.14. The standard InChI is InChI=1S/C15H10BrF3N2/c16-12-5-7-13(8-6-12)21-14(9-20)10-1-3-11(4-2-10)15(17,18)19/h1-8,14,21H. The van der Waals surface area contributed by atoms with E-state index in [1.807, 2.05) is 18.2 Å². The molecule has 0 saturated carbocycles. The summed E-state index contributed by atoms with van der Waals surface area (Å²) in [4.78, 5) is 0. The fourth-order valence-electron chi connectivity index (χ4n) is 1.77. The van der Waals surface area contributed by atoms with Crippen LogP contribution in [0, 0.1) is 11.3 Å². The first-order chi connectivity index (χ1) is 9.90. The van der Waals surface area contributed by atoms with Crippen LogP contribution in [0.3, 0.4) is 0 Å². The highest BCUT2D eigenvalue weighted by Gasteiger charge is 2.30. The molecule has 0 aliphatic rings. The number of alkyl halides is 3. The van der Waals surface area contributed by atoms with Crippen molar-refractivity contribution in [1.29, 1.82) is 5.26 Å². The van der Waals surface area contributed by atoms with Crippen LogP contribution in [0.5, 0.6) is 0 Å². The number of hydrogen-bond donors (Lipinski definition) is 1. The summed E-state index contributed by atoms with van der Waals surface area (Å²) in [5.74, 6) is 0. The maximum Gasteiger partial charge on any atom is 0.416 e. The van der Waals surface area contributed by atoms with Crippen molar-refractivity contribution in [3.63, 3.8) is 0 Å². The molecule has 0 aliphatic heterocycles. The summed E-state index contributed by atoms with van der Waals surface area (Å²) in [6.07, 6.45) is -4.38. The Bertz CT molecular complexity index is 643. The van der Waals surface area contributed by atoms with Crippen LogP contribution in [0.15, 0.2) is 53.0 Å². The van der Waals surface area contributed by atoms with Crippen LogP contribution >= 0.6 is 15.9 Å². The van der Waals surface area contributed by atoms with E-state index in [1.165, 1.54) is 12.1 Å². The van der Waals surface area contributed by atoms with Gasteiger partial charge in [-0.15, -0.1) is 0 Å². The van der Waals surface area contributed by atoms with Gasteiger partial charge in [-0.05, 0) is 42.0 Å². The Hall–Kier alpha value is -2.00. The minimum absolute atomic E-state index is 0.480. The molecule has 0 heterocycles. The van der Waals surface area contributed by atoms with E-state index in [4.69, 9.17) is 0 Å². The van der Waals surface area contributed by atoms with E-state index in [9.17, 15) is 18.4 Å². The van der Waals surface area contributed by atoms with Gasteiger partial charge in [0.25, 0.3) is 0 Å². The van der Waals surface area contributed by atoms with Crippen LogP contribution in [-0.2, 0) is 6.18 Å². The van der Waals surface area contributed by atoms with Gasteiger partial charge < -0.3 is 5.32 Å². The second-order valence-corrected chi connectivity index (χ2v) is 5.25. The van der Waals surface area contributed by atoms with E-state index in [0.29, 0.717) is 11.3 Å². The molecule has 1 N–H and O–H groups in total. The lowest BCUT2D eigenvalue weighted by molar-refractivity contribution is -0.137. The highest BCUT2D eigenvalue weighted by molar-refractivity contribution is 9.10. The normalized spacial score (nSPS) is 12.5. The predicted molar refractivity (Wildman–Crippen MR) is 77.6 cm³/mol. The van der Waals surface area contributed by atoms with Gasteiger partial charge in [-0.25, -0.2) is 0 Å². The topological polar surface area (TPSA) is 35.8 Å². The molecule has 2 aromatic rings. The third-order valence-corrected chi connectivity index (χ3v) is 3.38. The minimum atomic E-state index is -4.38. The number of benzene rings is 2. The van der Waals surface area contributed by atoms with Gasteiger partial charge in [-0.1, -0.05) is 28.1 Å². The van der Waals surface area contributed by atoms with Crippen molar-refractivity contribution >= 4 is 21.6 Å². The maximum atomic E-state index is 12.5. The van der Waals surface area contributed by atoms with Crippen LogP contribution < -0.4 is 5.32 Å². The second-order valence-electron chi connectivity index (χ2n) is 4.33. The lowest BCUT2D eigenvalue weighted by Crippen LogP contribution is -2.10. The first-order valence-corrected chi connectivity index (χ1v) is 6.78. The van der Waals surface area contributed by atoms with Crippen molar-refractivity contribution in [2.75, 3.05) is 5.32 Å². The Balaban J connectivity index is 2.18. The summed E-state index contributed by atoms with van der Waals surface area (Å²) in [5, 5.41) is 12.1. The molecule has 1 unspecified atom stereocenters. The van der Waals surface area contributed by atoms with Gasteiger partial charge in [-0.2, -0.15) is 18.4 Å². The third-order valence-electron chi connectivity index (χ3n) is 2.86. The quantitative estimate of drug-likeness (QED) is 0.827. The number of nitriles is 1. The monoisotopic (exact) mass is 354 g/mol. The first kappa shape index (κ1) is 15.4. The van der Waals surface area contributed by atoms with Gasteiger partial charge in [0.15, 0.2) is 0 Å². The summed E-state index contributed by atoms with van der Waals surface area (Å²) in [5.41, 5.74) is 0.463. The smallest absolute Gasteiger partial charge is 0.366 e. The van der Waals surface area contributed by atoms with Crippen LogP contribution in [-0.4, -0.2) is 0 Å². The molecule has 108 valence electrons. The van der Waals surface area contributed by atoms with Crippen molar-refractivity contribution < 1.29 is 13.2 Å². The Kier molecular flexibility index (Phi) is 4.53. The Morgan fingerprint density at radius 1 is 1.00 bits per heavy atom. The Morgan fingerprint density at radius 3 is 2.05 bits per heavy atom. The summed E-state index contributed by atoms with van der Waals surface area (Å²) in [6, 6.07) is 13.1. The van der Waals surface area contributed by atoms with Crippen molar-refractivity contribution in [3.05, 3.63) is 64.1 Å². The summed E-state index contributed by atoms with van der Waals surface area (Å²) < 4.78 is 38.4. The molecule has 0 saturated heterocycles. The number of rotatable bonds is 3. The minimum Gasteiger partial charge on any atom is -0.366 e. The molecular weight excluding hydrogens is 345 g/mol.